The summed E-state index contributed by atoms with van der Waals surface area (Å²) in [4.78, 5) is 11.8. The minimum Gasteiger partial charge on any atom is -0.497 e. The number of methoxy groups -OCH3 is 2. The maximum absolute atomic E-state index is 11.8. The number of amides is 1. The van der Waals surface area contributed by atoms with Crippen molar-refractivity contribution >= 4 is 12.1 Å². The van der Waals surface area contributed by atoms with Crippen molar-refractivity contribution in [3.63, 3.8) is 0 Å². The summed E-state index contributed by atoms with van der Waals surface area (Å²) in [5.41, 5.74) is 3.11. The molecule has 1 aliphatic rings. The average molecular weight is 372 g/mol. The summed E-state index contributed by atoms with van der Waals surface area (Å²) in [5, 5.41) is 3.93. The van der Waals surface area contributed by atoms with Gasteiger partial charge in [-0.15, -0.1) is 0 Å². The fraction of sp³-hybridized carbons (Fsp3) is 0.263. The fourth-order valence-corrected chi connectivity index (χ4v) is 2.40. The van der Waals surface area contributed by atoms with E-state index in [1.54, 1.807) is 50.6 Å². The van der Waals surface area contributed by atoms with Crippen LogP contribution in [0.2, 0.25) is 0 Å². The van der Waals surface area contributed by atoms with Crippen LogP contribution in [0.25, 0.3) is 0 Å². The first kappa shape index (κ1) is 18.4. The van der Waals surface area contributed by atoms with Crippen LogP contribution in [-0.2, 0) is 4.79 Å². The van der Waals surface area contributed by atoms with Crippen LogP contribution in [-0.4, -0.2) is 46.2 Å². The SMILES string of the molecule is COc1ccc(OCC(=O)N/N=C\c2cc(OC)c3c(c2)OCCO3)cc1. The predicted molar refractivity (Wildman–Crippen MR) is 98.2 cm³/mol. The Morgan fingerprint density at radius 3 is 2.59 bits per heavy atom. The van der Waals surface area contributed by atoms with Crippen molar-refractivity contribution in [3.05, 3.63) is 42.0 Å². The molecule has 0 bridgehead atoms. The normalized spacial score (nSPS) is 12.5. The molecular formula is C19H20N2O6. The quantitative estimate of drug-likeness (QED) is 0.591. The highest BCUT2D eigenvalue weighted by Gasteiger charge is 2.17. The molecule has 0 spiro atoms. The number of nitrogens with zero attached hydrogens (tertiary/aromatic N) is 1. The lowest BCUT2D eigenvalue weighted by Gasteiger charge is -2.20. The second kappa shape index (κ2) is 8.79. The van der Waals surface area contributed by atoms with Crippen LogP contribution >= 0.6 is 0 Å². The molecule has 8 nitrogen and oxygen atoms in total. The van der Waals surface area contributed by atoms with Gasteiger partial charge in [-0.05, 0) is 36.4 Å². The van der Waals surface area contributed by atoms with Crippen molar-refractivity contribution in [2.24, 2.45) is 5.10 Å². The van der Waals surface area contributed by atoms with Gasteiger partial charge in [-0.25, -0.2) is 5.43 Å². The van der Waals surface area contributed by atoms with Gasteiger partial charge < -0.3 is 23.7 Å². The van der Waals surface area contributed by atoms with Gasteiger partial charge in [0, 0.05) is 5.56 Å². The maximum atomic E-state index is 11.8. The van der Waals surface area contributed by atoms with Gasteiger partial charge in [0.2, 0.25) is 5.75 Å². The summed E-state index contributed by atoms with van der Waals surface area (Å²) >= 11 is 0. The van der Waals surface area contributed by atoms with Gasteiger partial charge in [-0.2, -0.15) is 5.10 Å². The molecular weight excluding hydrogens is 352 g/mol. The lowest BCUT2D eigenvalue weighted by molar-refractivity contribution is -0.123. The van der Waals surface area contributed by atoms with Gasteiger partial charge >= 0.3 is 0 Å². The van der Waals surface area contributed by atoms with E-state index in [0.29, 0.717) is 47.5 Å². The van der Waals surface area contributed by atoms with E-state index >= 15 is 0 Å². The predicted octanol–water partition coefficient (Wildman–Crippen LogP) is 2.00. The summed E-state index contributed by atoms with van der Waals surface area (Å²) in [7, 11) is 3.13. The Balaban J connectivity index is 1.54. The average Bonchev–Trinajstić information content (AvgIpc) is 2.72. The molecule has 2 aromatic rings. The van der Waals surface area contributed by atoms with Crippen LogP contribution in [0, 0.1) is 0 Å². The molecule has 1 amide bonds. The third-order valence-corrected chi connectivity index (χ3v) is 3.68. The zero-order chi connectivity index (χ0) is 19.1. The van der Waals surface area contributed by atoms with Crippen molar-refractivity contribution in [2.75, 3.05) is 34.0 Å². The number of hydrogen-bond donors (Lipinski definition) is 1. The monoisotopic (exact) mass is 372 g/mol. The molecule has 0 atom stereocenters. The second-order valence-corrected chi connectivity index (χ2v) is 5.50. The van der Waals surface area contributed by atoms with E-state index in [4.69, 9.17) is 23.7 Å². The van der Waals surface area contributed by atoms with Crippen LogP contribution in [0.15, 0.2) is 41.5 Å². The summed E-state index contributed by atoms with van der Waals surface area (Å²) in [6.07, 6.45) is 1.49. The topological polar surface area (TPSA) is 87.6 Å². The molecule has 0 fully saturated rings. The van der Waals surface area contributed by atoms with E-state index in [1.165, 1.54) is 6.21 Å². The molecule has 0 saturated heterocycles. The van der Waals surface area contributed by atoms with E-state index in [1.807, 2.05) is 0 Å². The molecule has 1 aliphatic heterocycles. The molecule has 0 radical (unpaired) electrons. The number of hydrazone groups is 1. The van der Waals surface area contributed by atoms with Crippen molar-refractivity contribution in [3.8, 4) is 28.7 Å². The highest BCUT2D eigenvalue weighted by molar-refractivity contribution is 5.84. The fourth-order valence-electron chi connectivity index (χ4n) is 2.40. The van der Waals surface area contributed by atoms with Gasteiger partial charge in [-0.1, -0.05) is 0 Å². The Hall–Kier alpha value is -3.42. The van der Waals surface area contributed by atoms with Crippen LogP contribution in [0.1, 0.15) is 5.56 Å². The number of carbonyl (C=O) groups excluding carboxylic acids is 1. The third kappa shape index (κ3) is 4.81. The second-order valence-electron chi connectivity index (χ2n) is 5.50. The van der Waals surface area contributed by atoms with Crippen molar-refractivity contribution in [1.82, 2.24) is 5.43 Å². The number of nitrogens with one attached hydrogen (secondary N) is 1. The van der Waals surface area contributed by atoms with Crippen LogP contribution in [0.5, 0.6) is 28.7 Å². The Morgan fingerprint density at radius 2 is 1.85 bits per heavy atom. The van der Waals surface area contributed by atoms with Gasteiger partial charge in [-0.3, -0.25) is 4.79 Å². The zero-order valence-electron chi connectivity index (χ0n) is 15.1. The highest BCUT2D eigenvalue weighted by atomic mass is 16.6. The lowest BCUT2D eigenvalue weighted by Crippen LogP contribution is -2.24. The standard InChI is InChI=1S/C19H20N2O6/c1-23-14-3-5-15(6-4-14)27-12-18(22)21-20-11-13-9-16(24-2)19-17(10-13)25-7-8-26-19/h3-6,9-11H,7-8,12H2,1-2H3,(H,21,22)/b20-11-. The Labute approximate surface area is 156 Å². The van der Waals surface area contributed by atoms with Crippen LogP contribution in [0.3, 0.4) is 0 Å². The van der Waals surface area contributed by atoms with E-state index in [2.05, 4.69) is 10.5 Å². The maximum Gasteiger partial charge on any atom is 0.277 e. The van der Waals surface area contributed by atoms with Crippen LogP contribution in [0.4, 0.5) is 0 Å². The Kier molecular flexibility index (Phi) is 5.98. The lowest BCUT2D eigenvalue weighted by atomic mass is 10.2. The molecule has 2 aromatic carbocycles. The first-order valence-corrected chi connectivity index (χ1v) is 8.26. The van der Waals surface area contributed by atoms with Gasteiger partial charge in [0.15, 0.2) is 18.1 Å². The van der Waals surface area contributed by atoms with Gasteiger partial charge in [0.25, 0.3) is 5.91 Å². The van der Waals surface area contributed by atoms with E-state index in [0.717, 1.165) is 0 Å². The molecule has 1 heterocycles. The van der Waals surface area contributed by atoms with E-state index in [-0.39, 0.29) is 12.5 Å². The first-order chi connectivity index (χ1) is 13.2. The summed E-state index contributed by atoms with van der Waals surface area (Å²) in [5.74, 6) is 2.58. The molecule has 0 aliphatic carbocycles. The molecule has 0 aromatic heterocycles. The Bertz CT molecular complexity index is 802. The van der Waals surface area contributed by atoms with Gasteiger partial charge in [0.05, 0.1) is 20.4 Å². The number of carbonyl (C=O) groups is 1. The summed E-state index contributed by atoms with van der Waals surface area (Å²) in [6, 6.07) is 10.5. The molecule has 142 valence electrons. The van der Waals surface area contributed by atoms with E-state index in [9.17, 15) is 4.79 Å². The van der Waals surface area contributed by atoms with E-state index < -0.39 is 0 Å². The molecule has 1 N–H and O–H groups in total. The Morgan fingerprint density at radius 1 is 1.11 bits per heavy atom. The van der Waals surface area contributed by atoms with Crippen molar-refractivity contribution < 1.29 is 28.5 Å². The largest absolute Gasteiger partial charge is 0.497 e. The molecule has 0 saturated carbocycles. The number of benzene rings is 2. The highest BCUT2D eigenvalue weighted by Crippen LogP contribution is 2.39. The minimum absolute atomic E-state index is 0.159. The number of ether oxygens (including phenoxy) is 5. The smallest absolute Gasteiger partial charge is 0.277 e. The minimum atomic E-state index is -0.383. The van der Waals surface area contributed by atoms with Crippen molar-refractivity contribution in [1.29, 1.82) is 0 Å². The van der Waals surface area contributed by atoms with Gasteiger partial charge in [0.1, 0.15) is 24.7 Å². The van der Waals surface area contributed by atoms with Crippen molar-refractivity contribution in [2.45, 2.75) is 0 Å². The third-order valence-electron chi connectivity index (χ3n) is 3.68. The molecule has 8 heteroatoms. The number of hydrogen-bond acceptors (Lipinski definition) is 7. The summed E-state index contributed by atoms with van der Waals surface area (Å²) < 4.78 is 26.8. The molecule has 0 unspecified atom stereocenters. The zero-order valence-corrected chi connectivity index (χ0v) is 15.1. The summed E-state index contributed by atoms with van der Waals surface area (Å²) in [6.45, 7) is 0.783. The molecule has 27 heavy (non-hydrogen) atoms. The molecule has 3 rings (SSSR count). The number of fused-ring (bicyclic) bond motifs is 1. The van der Waals surface area contributed by atoms with Crippen LogP contribution < -0.4 is 29.1 Å². The first-order valence-electron chi connectivity index (χ1n) is 8.26. The number of rotatable bonds is 7.